The zero-order valence-electron chi connectivity index (χ0n) is 8.09. The first-order valence-electron chi connectivity index (χ1n) is 4.59. The van der Waals surface area contributed by atoms with Crippen molar-refractivity contribution < 1.29 is 9.84 Å². The van der Waals surface area contributed by atoms with Crippen LogP contribution in [0.25, 0.3) is 0 Å². The summed E-state index contributed by atoms with van der Waals surface area (Å²) in [4.78, 5) is 4.12. The van der Waals surface area contributed by atoms with Crippen LogP contribution in [-0.2, 0) is 13.2 Å². The van der Waals surface area contributed by atoms with Crippen LogP contribution in [0.1, 0.15) is 10.6 Å². The van der Waals surface area contributed by atoms with Crippen molar-refractivity contribution in [2.45, 2.75) is 13.2 Å². The summed E-state index contributed by atoms with van der Waals surface area (Å²) in [5.41, 5.74) is 0.853. The number of ether oxygens (including phenoxy) is 1. The van der Waals surface area contributed by atoms with Crippen molar-refractivity contribution in [3.05, 3.63) is 46.4 Å². The summed E-state index contributed by atoms with van der Waals surface area (Å²) < 4.78 is 5.53. The fourth-order valence-electron chi connectivity index (χ4n) is 1.20. The van der Waals surface area contributed by atoms with Crippen LogP contribution < -0.4 is 4.74 Å². The molecule has 1 aromatic heterocycles. The lowest BCUT2D eigenvalue weighted by atomic mass is 10.2. The van der Waals surface area contributed by atoms with Gasteiger partial charge in [0.15, 0.2) is 0 Å². The first kappa shape index (κ1) is 10.1. The van der Waals surface area contributed by atoms with E-state index in [1.165, 1.54) is 0 Å². The van der Waals surface area contributed by atoms with Gasteiger partial charge in [-0.25, -0.2) is 4.98 Å². The molecular formula is C11H11NO2S. The second-order valence-electron chi connectivity index (χ2n) is 3.02. The maximum atomic E-state index is 8.95. The van der Waals surface area contributed by atoms with Gasteiger partial charge in [-0.2, -0.15) is 0 Å². The molecule has 1 heterocycles. The summed E-state index contributed by atoms with van der Waals surface area (Å²) in [5, 5.41) is 11.8. The van der Waals surface area contributed by atoms with Crippen molar-refractivity contribution in [1.82, 2.24) is 4.98 Å². The number of rotatable bonds is 4. The molecule has 0 bridgehead atoms. The maximum absolute atomic E-state index is 8.95. The van der Waals surface area contributed by atoms with E-state index in [4.69, 9.17) is 9.84 Å². The van der Waals surface area contributed by atoms with Crippen molar-refractivity contribution in [3.63, 3.8) is 0 Å². The Kier molecular flexibility index (Phi) is 3.32. The Morgan fingerprint density at radius 1 is 1.40 bits per heavy atom. The SMILES string of the molecule is OCc1cccc(OCc2nccs2)c1. The molecule has 0 aliphatic carbocycles. The highest BCUT2D eigenvalue weighted by Gasteiger charge is 1.98. The van der Waals surface area contributed by atoms with Crippen molar-refractivity contribution in [2.24, 2.45) is 0 Å². The van der Waals surface area contributed by atoms with Crippen LogP contribution in [0.3, 0.4) is 0 Å². The lowest BCUT2D eigenvalue weighted by molar-refractivity contribution is 0.278. The minimum absolute atomic E-state index is 0.0362. The van der Waals surface area contributed by atoms with Gasteiger partial charge in [0.05, 0.1) is 6.61 Å². The van der Waals surface area contributed by atoms with Gasteiger partial charge in [0.25, 0.3) is 0 Å². The Labute approximate surface area is 92.0 Å². The summed E-state index contributed by atoms with van der Waals surface area (Å²) in [6.45, 7) is 0.515. The first-order chi connectivity index (χ1) is 7.38. The van der Waals surface area contributed by atoms with Crippen molar-refractivity contribution >= 4 is 11.3 Å². The third kappa shape index (κ3) is 2.78. The third-order valence-corrected chi connectivity index (χ3v) is 2.68. The van der Waals surface area contributed by atoms with E-state index in [-0.39, 0.29) is 6.61 Å². The van der Waals surface area contributed by atoms with Crippen LogP contribution >= 0.6 is 11.3 Å². The van der Waals surface area contributed by atoms with E-state index < -0.39 is 0 Å². The molecule has 0 amide bonds. The monoisotopic (exact) mass is 221 g/mol. The Morgan fingerprint density at radius 3 is 3.07 bits per heavy atom. The molecule has 2 aromatic rings. The van der Waals surface area contributed by atoms with Crippen LogP contribution in [0, 0.1) is 0 Å². The summed E-state index contributed by atoms with van der Waals surface area (Å²) >= 11 is 1.57. The standard InChI is InChI=1S/C11H11NO2S/c13-7-9-2-1-3-10(6-9)14-8-11-12-4-5-15-11/h1-6,13H,7-8H2. The van der Waals surface area contributed by atoms with E-state index >= 15 is 0 Å². The number of thiazole rings is 1. The maximum Gasteiger partial charge on any atom is 0.140 e. The minimum Gasteiger partial charge on any atom is -0.486 e. The molecule has 0 unspecified atom stereocenters. The summed E-state index contributed by atoms with van der Waals surface area (Å²) in [6, 6.07) is 7.42. The zero-order valence-corrected chi connectivity index (χ0v) is 8.91. The number of hydrogen-bond acceptors (Lipinski definition) is 4. The van der Waals surface area contributed by atoms with Gasteiger partial charge < -0.3 is 9.84 Å². The minimum atomic E-state index is 0.0362. The van der Waals surface area contributed by atoms with Crippen LogP contribution in [0.15, 0.2) is 35.8 Å². The fraction of sp³-hybridized carbons (Fsp3) is 0.182. The van der Waals surface area contributed by atoms with E-state index in [9.17, 15) is 0 Å². The summed E-state index contributed by atoms with van der Waals surface area (Å²) in [7, 11) is 0. The van der Waals surface area contributed by atoms with Gasteiger partial charge in [0.1, 0.15) is 17.4 Å². The molecule has 0 spiro atoms. The number of aromatic nitrogens is 1. The predicted octanol–water partition coefficient (Wildman–Crippen LogP) is 2.21. The van der Waals surface area contributed by atoms with Crippen molar-refractivity contribution in [3.8, 4) is 5.75 Å². The van der Waals surface area contributed by atoms with E-state index in [1.54, 1.807) is 17.5 Å². The van der Waals surface area contributed by atoms with E-state index in [1.807, 2.05) is 29.6 Å². The molecular weight excluding hydrogens is 210 g/mol. The molecule has 1 N–H and O–H groups in total. The average Bonchev–Trinajstić information content (AvgIpc) is 2.79. The number of nitrogens with zero attached hydrogens (tertiary/aromatic N) is 1. The highest BCUT2D eigenvalue weighted by Crippen LogP contribution is 2.15. The Morgan fingerprint density at radius 2 is 2.33 bits per heavy atom. The van der Waals surface area contributed by atoms with Crippen LogP contribution in [0.5, 0.6) is 5.75 Å². The molecule has 0 radical (unpaired) electrons. The van der Waals surface area contributed by atoms with E-state index in [2.05, 4.69) is 4.98 Å². The molecule has 3 nitrogen and oxygen atoms in total. The third-order valence-electron chi connectivity index (χ3n) is 1.93. The average molecular weight is 221 g/mol. The second-order valence-corrected chi connectivity index (χ2v) is 4.00. The summed E-state index contributed by atoms with van der Waals surface area (Å²) in [6.07, 6.45) is 1.76. The van der Waals surface area contributed by atoms with Crippen LogP contribution in [0.2, 0.25) is 0 Å². The van der Waals surface area contributed by atoms with E-state index in [0.717, 1.165) is 16.3 Å². The Bertz CT molecular complexity index is 414. The Balaban J connectivity index is 1.98. The highest BCUT2D eigenvalue weighted by molar-refractivity contribution is 7.09. The molecule has 0 fully saturated rings. The van der Waals surface area contributed by atoms with Crippen molar-refractivity contribution in [2.75, 3.05) is 0 Å². The summed E-state index contributed by atoms with van der Waals surface area (Å²) in [5.74, 6) is 0.761. The highest BCUT2D eigenvalue weighted by atomic mass is 32.1. The lowest BCUT2D eigenvalue weighted by Gasteiger charge is -2.04. The molecule has 1 aromatic carbocycles. The smallest absolute Gasteiger partial charge is 0.140 e. The number of aliphatic hydroxyl groups is 1. The number of hydrogen-bond donors (Lipinski definition) is 1. The second kappa shape index (κ2) is 4.91. The largest absolute Gasteiger partial charge is 0.486 e. The molecule has 0 saturated heterocycles. The predicted molar refractivity (Wildman–Crippen MR) is 58.8 cm³/mol. The molecule has 0 aliphatic rings. The van der Waals surface area contributed by atoms with Gasteiger partial charge in [-0.3, -0.25) is 0 Å². The normalized spacial score (nSPS) is 10.2. The van der Waals surface area contributed by atoms with Gasteiger partial charge >= 0.3 is 0 Å². The van der Waals surface area contributed by atoms with Gasteiger partial charge in [0, 0.05) is 11.6 Å². The number of benzene rings is 1. The fourth-order valence-corrected chi connectivity index (χ4v) is 1.73. The van der Waals surface area contributed by atoms with Gasteiger partial charge in [-0.05, 0) is 17.7 Å². The van der Waals surface area contributed by atoms with Gasteiger partial charge in [-0.1, -0.05) is 12.1 Å². The first-order valence-corrected chi connectivity index (χ1v) is 5.47. The molecule has 0 atom stereocenters. The zero-order chi connectivity index (χ0) is 10.5. The lowest BCUT2D eigenvalue weighted by Crippen LogP contribution is -1.95. The molecule has 4 heteroatoms. The van der Waals surface area contributed by atoms with Crippen LogP contribution in [-0.4, -0.2) is 10.1 Å². The quantitative estimate of drug-likeness (QED) is 0.860. The molecule has 0 aliphatic heterocycles. The number of aliphatic hydroxyl groups excluding tert-OH is 1. The van der Waals surface area contributed by atoms with E-state index in [0.29, 0.717) is 6.61 Å². The van der Waals surface area contributed by atoms with Crippen molar-refractivity contribution in [1.29, 1.82) is 0 Å². The molecule has 2 rings (SSSR count). The van der Waals surface area contributed by atoms with Gasteiger partial charge in [-0.15, -0.1) is 11.3 Å². The Hall–Kier alpha value is -1.39. The molecule has 78 valence electrons. The topological polar surface area (TPSA) is 42.4 Å². The molecule has 15 heavy (non-hydrogen) atoms. The van der Waals surface area contributed by atoms with Gasteiger partial charge in [0.2, 0.25) is 0 Å². The van der Waals surface area contributed by atoms with Crippen LogP contribution in [0.4, 0.5) is 0 Å². The molecule has 0 saturated carbocycles.